The number of hydrogen-bond donors (Lipinski definition) is 1. The molecule has 3 rings (SSSR count). The number of pyridine rings is 1. The van der Waals surface area contributed by atoms with E-state index in [9.17, 15) is 4.79 Å². The first kappa shape index (κ1) is 16.5. The van der Waals surface area contributed by atoms with Crippen LogP contribution in [0.15, 0.2) is 34.2 Å². The molecule has 0 saturated heterocycles. The highest BCUT2D eigenvalue weighted by Crippen LogP contribution is 2.24. The molecule has 0 atom stereocenters. The molecule has 1 aliphatic carbocycles. The second kappa shape index (κ2) is 7.45. The van der Waals surface area contributed by atoms with E-state index < -0.39 is 0 Å². The van der Waals surface area contributed by atoms with Gasteiger partial charge in [0, 0.05) is 28.2 Å². The lowest BCUT2D eigenvalue weighted by Crippen LogP contribution is -2.39. The number of carbonyl (C=O) groups is 1. The molecule has 0 bridgehead atoms. The number of thiophene rings is 1. The molecule has 2 aromatic heterocycles. The van der Waals surface area contributed by atoms with E-state index in [4.69, 9.17) is 4.74 Å². The molecule has 4 nitrogen and oxygen atoms in total. The number of rotatable bonds is 4. The molecular weight excluding hydrogens is 376 g/mol. The number of hydrogen-bond acceptors (Lipinski definition) is 4. The highest BCUT2D eigenvalue weighted by molar-refractivity contribution is 9.10. The van der Waals surface area contributed by atoms with Crippen molar-refractivity contribution in [2.45, 2.75) is 44.8 Å². The molecule has 6 heteroatoms. The van der Waals surface area contributed by atoms with Crippen LogP contribution in [-0.2, 0) is 0 Å². The summed E-state index contributed by atoms with van der Waals surface area (Å²) in [5.74, 6) is 0.705. The summed E-state index contributed by atoms with van der Waals surface area (Å²) < 4.78 is 6.88. The van der Waals surface area contributed by atoms with Crippen molar-refractivity contribution in [1.29, 1.82) is 0 Å². The van der Waals surface area contributed by atoms with Crippen LogP contribution in [0.2, 0.25) is 0 Å². The third-order valence-electron chi connectivity index (χ3n) is 3.97. The molecule has 0 aromatic carbocycles. The van der Waals surface area contributed by atoms with E-state index in [0.29, 0.717) is 5.88 Å². The van der Waals surface area contributed by atoms with Crippen LogP contribution in [0.1, 0.15) is 40.9 Å². The molecule has 0 aliphatic heterocycles. The first-order valence-corrected chi connectivity index (χ1v) is 9.41. The number of nitrogens with zero attached hydrogens (tertiary/aromatic N) is 1. The predicted molar refractivity (Wildman–Crippen MR) is 95.1 cm³/mol. The second-order valence-corrected chi connectivity index (χ2v) is 7.69. The van der Waals surface area contributed by atoms with Crippen molar-refractivity contribution < 1.29 is 9.53 Å². The average molecular weight is 395 g/mol. The Morgan fingerprint density at radius 2 is 2.13 bits per heavy atom. The Bertz CT molecular complexity index is 663. The average Bonchev–Trinajstić information content (AvgIpc) is 2.98. The van der Waals surface area contributed by atoms with Gasteiger partial charge in [-0.15, -0.1) is 11.3 Å². The van der Waals surface area contributed by atoms with Gasteiger partial charge < -0.3 is 10.1 Å². The summed E-state index contributed by atoms with van der Waals surface area (Å²) in [6, 6.07) is 6.01. The van der Waals surface area contributed by atoms with Gasteiger partial charge in [-0.2, -0.15) is 0 Å². The molecule has 2 heterocycles. The Labute approximate surface area is 148 Å². The van der Waals surface area contributed by atoms with Crippen LogP contribution >= 0.6 is 27.3 Å². The van der Waals surface area contributed by atoms with Gasteiger partial charge in [0.15, 0.2) is 0 Å². The van der Waals surface area contributed by atoms with Crippen LogP contribution in [0.3, 0.4) is 0 Å². The summed E-state index contributed by atoms with van der Waals surface area (Å²) in [6.45, 7) is 2.01. The SMILES string of the molecule is Cc1ccc(OC2CCC(NC(=O)c3cc(Br)cs3)CC2)nc1. The smallest absolute Gasteiger partial charge is 0.261 e. The molecule has 0 radical (unpaired) electrons. The minimum atomic E-state index is 0.0188. The number of ether oxygens (including phenoxy) is 1. The number of carbonyl (C=O) groups excluding carboxylic acids is 1. The van der Waals surface area contributed by atoms with Crippen molar-refractivity contribution in [2.75, 3.05) is 0 Å². The summed E-state index contributed by atoms with van der Waals surface area (Å²) in [5.41, 5.74) is 1.13. The van der Waals surface area contributed by atoms with Crippen LogP contribution in [0.25, 0.3) is 0 Å². The highest BCUT2D eigenvalue weighted by Gasteiger charge is 2.24. The van der Waals surface area contributed by atoms with E-state index in [0.717, 1.165) is 40.6 Å². The van der Waals surface area contributed by atoms with Gasteiger partial charge in [-0.1, -0.05) is 6.07 Å². The molecule has 1 fully saturated rings. The number of nitrogens with one attached hydrogen (secondary N) is 1. The van der Waals surface area contributed by atoms with Crippen molar-refractivity contribution in [3.63, 3.8) is 0 Å². The molecular formula is C17H19BrN2O2S. The molecule has 122 valence electrons. The van der Waals surface area contributed by atoms with Crippen LogP contribution in [0, 0.1) is 6.92 Å². The normalized spacial score (nSPS) is 21.0. The maximum Gasteiger partial charge on any atom is 0.261 e. The van der Waals surface area contributed by atoms with Crippen molar-refractivity contribution in [3.8, 4) is 5.88 Å². The molecule has 1 saturated carbocycles. The zero-order valence-electron chi connectivity index (χ0n) is 12.9. The zero-order valence-corrected chi connectivity index (χ0v) is 15.3. The first-order chi connectivity index (χ1) is 11.1. The van der Waals surface area contributed by atoms with Crippen molar-refractivity contribution in [1.82, 2.24) is 10.3 Å². The van der Waals surface area contributed by atoms with Gasteiger partial charge in [-0.25, -0.2) is 4.98 Å². The summed E-state index contributed by atoms with van der Waals surface area (Å²) in [6.07, 6.45) is 5.77. The van der Waals surface area contributed by atoms with Gasteiger partial charge in [-0.05, 0) is 60.2 Å². The fourth-order valence-electron chi connectivity index (χ4n) is 2.71. The number of halogens is 1. The molecule has 23 heavy (non-hydrogen) atoms. The third-order valence-corrected chi connectivity index (χ3v) is 5.66. The van der Waals surface area contributed by atoms with Crippen LogP contribution in [0.5, 0.6) is 5.88 Å². The lowest BCUT2D eigenvalue weighted by atomic mass is 9.93. The van der Waals surface area contributed by atoms with Gasteiger partial charge >= 0.3 is 0 Å². The molecule has 1 N–H and O–H groups in total. The fourth-order valence-corrected chi connectivity index (χ4v) is 4.04. The predicted octanol–water partition coefficient (Wildman–Crippen LogP) is 4.33. The third kappa shape index (κ3) is 4.54. The summed E-state index contributed by atoms with van der Waals surface area (Å²) in [5, 5.41) is 5.04. The number of aromatic nitrogens is 1. The lowest BCUT2D eigenvalue weighted by Gasteiger charge is -2.29. The minimum absolute atomic E-state index is 0.0188. The van der Waals surface area contributed by atoms with Gasteiger partial charge in [-0.3, -0.25) is 4.79 Å². The van der Waals surface area contributed by atoms with Crippen molar-refractivity contribution >= 4 is 33.2 Å². The summed E-state index contributed by atoms with van der Waals surface area (Å²) in [7, 11) is 0. The van der Waals surface area contributed by atoms with Gasteiger partial charge in [0.25, 0.3) is 5.91 Å². The minimum Gasteiger partial charge on any atom is -0.474 e. The standard InChI is InChI=1S/C17H19BrN2O2S/c1-11-2-7-16(19-9-11)22-14-5-3-13(4-6-14)20-17(21)15-8-12(18)10-23-15/h2,7-10,13-14H,3-6H2,1H3,(H,20,21). The van der Waals surface area contributed by atoms with Crippen molar-refractivity contribution in [3.05, 3.63) is 44.7 Å². The monoisotopic (exact) mass is 394 g/mol. The molecule has 0 spiro atoms. The van der Waals surface area contributed by atoms with Gasteiger partial charge in [0.1, 0.15) is 6.10 Å². The molecule has 1 aliphatic rings. The zero-order chi connectivity index (χ0) is 16.2. The fraction of sp³-hybridized carbons (Fsp3) is 0.412. The van der Waals surface area contributed by atoms with E-state index >= 15 is 0 Å². The maximum atomic E-state index is 12.2. The van der Waals surface area contributed by atoms with E-state index in [1.165, 1.54) is 11.3 Å². The van der Waals surface area contributed by atoms with Crippen molar-refractivity contribution in [2.24, 2.45) is 0 Å². The number of aryl methyl sites for hydroxylation is 1. The Balaban J connectivity index is 1.46. The van der Waals surface area contributed by atoms with Crippen LogP contribution in [0.4, 0.5) is 0 Å². The van der Waals surface area contributed by atoms with E-state index in [1.807, 2.05) is 36.7 Å². The second-order valence-electron chi connectivity index (χ2n) is 5.87. The Morgan fingerprint density at radius 3 is 2.74 bits per heavy atom. The largest absolute Gasteiger partial charge is 0.474 e. The van der Waals surface area contributed by atoms with Crippen LogP contribution in [-0.4, -0.2) is 23.0 Å². The van der Waals surface area contributed by atoms with E-state index in [1.54, 1.807) is 0 Å². The lowest BCUT2D eigenvalue weighted by molar-refractivity contribution is 0.0894. The van der Waals surface area contributed by atoms with Gasteiger partial charge in [0.05, 0.1) is 4.88 Å². The summed E-state index contributed by atoms with van der Waals surface area (Å²) in [4.78, 5) is 17.2. The quantitative estimate of drug-likeness (QED) is 0.838. The molecule has 0 unspecified atom stereocenters. The van der Waals surface area contributed by atoms with Crippen LogP contribution < -0.4 is 10.1 Å². The van der Waals surface area contributed by atoms with E-state index in [2.05, 4.69) is 26.2 Å². The van der Waals surface area contributed by atoms with Gasteiger partial charge in [0.2, 0.25) is 5.88 Å². The topological polar surface area (TPSA) is 51.2 Å². The van der Waals surface area contributed by atoms with E-state index in [-0.39, 0.29) is 18.1 Å². The molecule has 2 aromatic rings. The first-order valence-electron chi connectivity index (χ1n) is 7.74. The highest BCUT2D eigenvalue weighted by atomic mass is 79.9. The summed E-state index contributed by atoms with van der Waals surface area (Å²) >= 11 is 4.84. The Kier molecular flexibility index (Phi) is 5.33. The Hall–Kier alpha value is -1.40. The number of amides is 1. The Morgan fingerprint density at radius 1 is 1.35 bits per heavy atom. The molecule has 1 amide bonds. The maximum absolute atomic E-state index is 12.2.